The monoisotopic (exact) mass is 297 g/mol. The molecule has 0 bridgehead atoms. The summed E-state index contributed by atoms with van der Waals surface area (Å²) in [4.78, 5) is 14.6. The molecule has 0 aliphatic carbocycles. The topological polar surface area (TPSA) is 101 Å². The lowest BCUT2D eigenvalue weighted by molar-refractivity contribution is 0.311. The van der Waals surface area contributed by atoms with Gasteiger partial charge in [-0.1, -0.05) is 13.8 Å². The molecule has 0 fully saturated rings. The van der Waals surface area contributed by atoms with E-state index in [0.29, 0.717) is 18.5 Å². The molecule has 8 nitrogen and oxygen atoms in total. The van der Waals surface area contributed by atoms with Crippen molar-refractivity contribution < 1.29 is 4.74 Å². The molecule has 0 aliphatic rings. The first-order chi connectivity index (χ1) is 9.94. The second kappa shape index (κ2) is 8.58. The van der Waals surface area contributed by atoms with E-state index in [9.17, 15) is 0 Å². The highest BCUT2D eigenvalue weighted by Gasteiger charge is 2.15. The van der Waals surface area contributed by atoms with Crippen LogP contribution >= 0.6 is 0 Å². The molecule has 1 aromatic heterocycles. The molecular weight excluding hydrogens is 270 g/mol. The van der Waals surface area contributed by atoms with Crippen LogP contribution in [0, 0.1) is 5.92 Å². The lowest BCUT2D eigenvalue weighted by Gasteiger charge is -2.24. The standard InChI is InChI=1S/C13H27N7O/c1-6-21-13-17-11(16-12(18-13)19-14)15-10(7-9(2)3)8-20(4)5/h9-10H,6-8,14H2,1-5H3,(H2,15,16,17,18,19). The quantitative estimate of drug-likeness (QED) is 0.457. The van der Waals surface area contributed by atoms with E-state index in [1.165, 1.54) is 0 Å². The van der Waals surface area contributed by atoms with Gasteiger partial charge in [0.15, 0.2) is 0 Å². The highest BCUT2D eigenvalue weighted by atomic mass is 16.5. The number of nitrogens with zero attached hydrogens (tertiary/aromatic N) is 4. The minimum Gasteiger partial charge on any atom is -0.464 e. The first-order valence-corrected chi connectivity index (χ1v) is 7.21. The van der Waals surface area contributed by atoms with Gasteiger partial charge in [-0.2, -0.15) is 15.0 Å². The summed E-state index contributed by atoms with van der Waals surface area (Å²) in [5, 5.41) is 3.34. The Hall–Kier alpha value is -1.67. The number of aromatic nitrogens is 3. The average Bonchev–Trinajstić information content (AvgIpc) is 2.37. The Morgan fingerprint density at radius 3 is 2.38 bits per heavy atom. The number of hydrogen-bond donors (Lipinski definition) is 3. The molecule has 0 saturated carbocycles. The van der Waals surface area contributed by atoms with Crippen LogP contribution < -0.4 is 21.3 Å². The molecule has 1 atom stereocenters. The van der Waals surface area contributed by atoms with Crippen LogP contribution in [-0.2, 0) is 0 Å². The predicted molar refractivity (Wildman–Crippen MR) is 84.2 cm³/mol. The predicted octanol–water partition coefficient (Wildman–Crippen LogP) is 0.944. The summed E-state index contributed by atoms with van der Waals surface area (Å²) in [6.45, 7) is 7.63. The molecule has 0 amide bonds. The molecule has 4 N–H and O–H groups in total. The van der Waals surface area contributed by atoms with E-state index in [4.69, 9.17) is 10.6 Å². The molecule has 120 valence electrons. The van der Waals surface area contributed by atoms with Gasteiger partial charge in [0, 0.05) is 12.6 Å². The number of anilines is 2. The van der Waals surface area contributed by atoms with E-state index in [-0.39, 0.29) is 18.0 Å². The number of ether oxygens (including phenoxy) is 1. The highest BCUT2D eigenvalue weighted by Crippen LogP contribution is 2.14. The van der Waals surface area contributed by atoms with Crippen LogP contribution in [0.3, 0.4) is 0 Å². The van der Waals surface area contributed by atoms with Gasteiger partial charge < -0.3 is 15.0 Å². The van der Waals surface area contributed by atoms with Crippen molar-refractivity contribution in [3.63, 3.8) is 0 Å². The van der Waals surface area contributed by atoms with Gasteiger partial charge in [-0.25, -0.2) is 5.84 Å². The largest absolute Gasteiger partial charge is 0.464 e. The SMILES string of the molecule is CCOc1nc(NN)nc(NC(CC(C)C)CN(C)C)n1. The summed E-state index contributed by atoms with van der Waals surface area (Å²) in [5.74, 6) is 6.70. The van der Waals surface area contributed by atoms with Crippen molar-refractivity contribution in [2.75, 3.05) is 38.0 Å². The van der Waals surface area contributed by atoms with Crippen molar-refractivity contribution in [3.8, 4) is 6.01 Å². The van der Waals surface area contributed by atoms with Gasteiger partial charge in [-0.05, 0) is 33.4 Å². The molecule has 0 aromatic carbocycles. The Morgan fingerprint density at radius 1 is 1.19 bits per heavy atom. The van der Waals surface area contributed by atoms with Crippen molar-refractivity contribution in [2.45, 2.75) is 33.2 Å². The van der Waals surface area contributed by atoms with Gasteiger partial charge in [0.2, 0.25) is 11.9 Å². The summed E-state index contributed by atoms with van der Waals surface area (Å²) in [6.07, 6.45) is 1.01. The van der Waals surface area contributed by atoms with Gasteiger partial charge in [0.25, 0.3) is 0 Å². The summed E-state index contributed by atoms with van der Waals surface area (Å²) in [7, 11) is 4.09. The molecule has 8 heteroatoms. The smallest absolute Gasteiger partial charge is 0.323 e. The molecule has 0 radical (unpaired) electrons. The maximum Gasteiger partial charge on any atom is 0.323 e. The van der Waals surface area contributed by atoms with Crippen molar-refractivity contribution >= 4 is 11.9 Å². The Morgan fingerprint density at radius 2 is 1.86 bits per heavy atom. The number of nitrogens with two attached hydrogens (primary N) is 1. The normalized spacial score (nSPS) is 12.6. The van der Waals surface area contributed by atoms with Crippen molar-refractivity contribution in [3.05, 3.63) is 0 Å². The zero-order valence-corrected chi connectivity index (χ0v) is 13.6. The molecule has 0 saturated heterocycles. The van der Waals surface area contributed by atoms with E-state index in [2.05, 4.69) is 44.4 Å². The van der Waals surface area contributed by atoms with Crippen LogP contribution in [0.15, 0.2) is 0 Å². The zero-order chi connectivity index (χ0) is 15.8. The van der Waals surface area contributed by atoms with Gasteiger partial charge in [-0.3, -0.25) is 5.43 Å². The lowest BCUT2D eigenvalue weighted by atomic mass is 10.0. The van der Waals surface area contributed by atoms with Crippen LogP contribution in [0.1, 0.15) is 27.2 Å². The van der Waals surface area contributed by atoms with E-state index in [1.807, 2.05) is 21.0 Å². The minimum absolute atomic E-state index is 0.238. The number of hydrazine groups is 1. The fourth-order valence-corrected chi connectivity index (χ4v) is 2.05. The van der Waals surface area contributed by atoms with E-state index in [1.54, 1.807) is 0 Å². The van der Waals surface area contributed by atoms with E-state index >= 15 is 0 Å². The maximum absolute atomic E-state index is 5.38. The maximum atomic E-state index is 5.38. The summed E-state index contributed by atoms with van der Waals surface area (Å²) >= 11 is 0. The molecule has 0 aliphatic heterocycles. The number of nitrogen functional groups attached to an aromatic ring is 1. The third kappa shape index (κ3) is 6.54. The van der Waals surface area contributed by atoms with Crippen LogP contribution in [0.25, 0.3) is 0 Å². The minimum atomic E-state index is 0.238. The molecule has 1 unspecified atom stereocenters. The van der Waals surface area contributed by atoms with E-state index < -0.39 is 0 Å². The van der Waals surface area contributed by atoms with Crippen molar-refractivity contribution in [2.24, 2.45) is 11.8 Å². The fraction of sp³-hybridized carbons (Fsp3) is 0.769. The first kappa shape index (κ1) is 17.4. The van der Waals surface area contributed by atoms with Crippen LogP contribution in [-0.4, -0.2) is 53.1 Å². The Balaban J connectivity index is 2.87. The van der Waals surface area contributed by atoms with Crippen molar-refractivity contribution in [1.29, 1.82) is 0 Å². The average molecular weight is 297 g/mol. The number of rotatable bonds is 9. The molecule has 21 heavy (non-hydrogen) atoms. The molecule has 1 aromatic rings. The molecular formula is C13H27N7O. The fourth-order valence-electron chi connectivity index (χ4n) is 2.05. The number of likely N-dealkylation sites (N-methyl/N-ethyl adjacent to an activating group) is 1. The lowest BCUT2D eigenvalue weighted by Crippen LogP contribution is -2.34. The summed E-state index contributed by atoms with van der Waals surface area (Å²) in [6, 6.07) is 0.499. The third-order valence-corrected chi connectivity index (χ3v) is 2.69. The van der Waals surface area contributed by atoms with Crippen LogP contribution in [0.5, 0.6) is 6.01 Å². The summed E-state index contributed by atoms with van der Waals surface area (Å²) < 4.78 is 5.32. The van der Waals surface area contributed by atoms with Crippen LogP contribution in [0.2, 0.25) is 0 Å². The Bertz CT molecular complexity index is 415. The van der Waals surface area contributed by atoms with Crippen LogP contribution in [0.4, 0.5) is 11.9 Å². The van der Waals surface area contributed by atoms with Crippen molar-refractivity contribution in [1.82, 2.24) is 19.9 Å². The highest BCUT2D eigenvalue weighted by molar-refractivity contribution is 5.35. The summed E-state index contributed by atoms with van der Waals surface area (Å²) in [5.41, 5.74) is 2.43. The van der Waals surface area contributed by atoms with Gasteiger partial charge in [0.1, 0.15) is 0 Å². The van der Waals surface area contributed by atoms with Gasteiger partial charge in [0.05, 0.1) is 6.61 Å². The number of nitrogens with one attached hydrogen (secondary N) is 2. The van der Waals surface area contributed by atoms with Gasteiger partial charge in [-0.15, -0.1) is 0 Å². The Kier molecular flexibility index (Phi) is 7.10. The molecule has 1 heterocycles. The molecule has 1 rings (SSSR count). The first-order valence-electron chi connectivity index (χ1n) is 7.21. The second-order valence-electron chi connectivity index (χ2n) is 5.58. The number of hydrogen-bond acceptors (Lipinski definition) is 8. The molecule has 0 spiro atoms. The van der Waals surface area contributed by atoms with E-state index in [0.717, 1.165) is 13.0 Å². The Labute approximate surface area is 126 Å². The van der Waals surface area contributed by atoms with Gasteiger partial charge >= 0.3 is 6.01 Å². The second-order valence-corrected chi connectivity index (χ2v) is 5.58. The zero-order valence-electron chi connectivity index (χ0n) is 13.6. The third-order valence-electron chi connectivity index (χ3n) is 2.69.